The average molecular weight is 331 g/mol. The molecule has 0 radical (unpaired) electrons. The van der Waals surface area contributed by atoms with Crippen molar-refractivity contribution in [1.82, 2.24) is 15.0 Å². The predicted octanol–water partition coefficient (Wildman–Crippen LogP) is 2.18. The van der Waals surface area contributed by atoms with Gasteiger partial charge in [-0.2, -0.15) is 0 Å². The van der Waals surface area contributed by atoms with Gasteiger partial charge in [0, 0.05) is 28.4 Å². The number of nitrogens with zero attached hydrogens (tertiary/aromatic N) is 1. The van der Waals surface area contributed by atoms with Crippen LogP contribution in [0.4, 0.5) is 0 Å². The fraction of sp³-hybridized carbons (Fsp3) is 0.417. The molecule has 0 saturated heterocycles. The number of sulfonamides is 1. The first-order chi connectivity index (χ1) is 9.62. The number of thiazole rings is 1. The highest BCUT2D eigenvalue weighted by Gasteiger charge is 2.16. The molecule has 2 N–H and O–H groups in total. The van der Waals surface area contributed by atoms with Crippen LogP contribution in [0.5, 0.6) is 0 Å². The molecule has 2 aromatic rings. The molecular weight excluding hydrogens is 314 g/mol. The molecule has 0 aliphatic carbocycles. The Labute approximate surface area is 127 Å². The third-order valence-corrected chi connectivity index (χ3v) is 5.81. The number of hydrogen-bond donors (Lipinski definition) is 2. The molecular formula is C12H17N3O2S3. The third kappa shape index (κ3) is 4.35. The summed E-state index contributed by atoms with van der Waals surface area (Å²) in [6.07, 6.45) is 2.72. The second-order valence-electron chi connectivity index (χ2n) is 4.18. The molecule has 0 aliphatic rings. The topological polar surface area (TPSA) is 71.1 Å². The van der Waals surface area contributed by atoms with Gasteiger partial charge in [-0.3, -0.25) is 0 Å². The number of thiophene rings is 1. The second-order valence-corrected chi connectivity index (χ2v) is 7.92. The van der Waals surface area contributed by atoms with Gasteiger partial charge in [-0.05, 0) is 19.0 Å². The van der Waals surface area contributed by atoms with E-state index in [9.17, 15) is 8.42 Å². The lowest BCUT2D eigenvalue weighted by molar-refractivity contribution is 0.581. The Hall–Kier alpha value is -0.800. The first-order valence-electron chi connectivity index (χ1n) is 6.28. The Bertz CT molecular complexity index is 620. The molecule has 0 bridgehead atoms. The van der Waals surface area contributed by atoms with Gasteiger partial charge in [0.25, 0.3) is 0 Å². The smallest absolute Gasteiger partial charge is 0.241 e. The van der Waals surface area contributed by atoms with E-state index < -0.39 is 10.0 Å². The minimum atomic E-state index is -3.45. The normalized spacial score (nSPS) is 11.8. The fourth-order valence-corrected chi connectivity index (χ4v) is 4.44. The maximum absolute atomic E-state index is 12.1. The Balaban J connectivity index is 1.95. The van der Waals surface area contributed by atoms with Crippen molar-refractivity contribution in [2.24, 2.45) is 0 Å². The summed E-state index contributed by atoms with van der Waals surface area (Å²) in [6.45, 7) is 3.97. The third-order valence-electron chi connectivity index (χ3n) is 2.56. The molecule has 0 unspecified atom stereocenters. The van der Waals surface area contributed by atoms with Gasteiger partial charge in [0.2, 0.25) is 10.0 Å². The lowest BCUT2D eigenvalue weighted by Crippen LogP contribution is -2.22. The summed E-state index contributed by atoms with van der Waals surface area (Å²) >= 11 is 2.89. The number of aromatic nitrogens is 1. The second kappa shape index (κ2) is 7.28. The van der Waals surface area contributed by atoms with Gasteiger partial charge >= 0.3 is 0 Å². The average Bonchev–Trinajstić information content (AvgIpc) is 3.08. The molecule has 110 valence electrons. The van der Waals surface area contributed by atoms with Gasteiger partial charge in [0.05, 0.1) is 11.4 Å². The molecule has 0 aliphatic heterocycles. The van der Waals surface area contributed by atoms with E-state index in [-0.39, 0.29) is 6.54 Å². The van der Waals surface area contributed by atoms with Crippen LogP contribution in [0.25, 0.3) is 0 Å². The minimum absolute atomic E-state index is 0.235. The van der Waals surface area contributed by atoms with Crippen molar-refractivity contribution in [2.75, 3.05) is 6.54 Å². The van der Waals surface area contributed by atoms with Crippen molar-refractivity contribution in [2.45, 2.75) is 31.3 Å². The van der Waals surface area contributed by atoms with Gasteiger partial charge < -0.3 is 5.32 Å². The molecule has 8 heteroatoms. The van der Waals surface area contributed by atoms with Crippen LogP contribution >= 0.6 is 22.7 Å². The van der Waals surface area contributed by atoms with Crippen molar-refractivity contribution >= 4 is 32.7 Å². The van der Waals surface area contributed by atoms with Crippen LogP contribution in [0, 0.1) is 0 Å². The van der Waals surface area contributed by atoms with Gasteiger partial charge in [-0.15, -0.1) is 22.7 Å². The Morgan fingerprint density at radius 2 is 2.15 bits per heavy atom. The quantitative estimate of drug-likeness (QED) is 0.727. The molecule has 2 rings (SSSR count). The van der Waals surface area contributed by atoms with E-state index in [0.717, 1.165) is 22.9 Å². The van der Waals surface area contributed by atoms with Crippen LogP contribution in [0.15, 0.2) is 27.9 Å². The van der Waals surface area contributed by atoms with Crippen molar-refractivity contribution in [3.63, 3.8) is 0 Å². The molecule has 20 heavy (non-hydrogen) atoms. The lowest BCUT2D eigenvalue weighted by Gasteiger charge is -2.02. The number of nitrogens with one attached hydrogen (secondary N) is 2. The van der Waals surface area contributed by atoms with Crippen molar-refractivity contribution in [3.8, 4) is 0 Å². The SMILES string of the molecule is CCCNCc1cc(S(=O)(=O)NCc2nccs2)cs1. The fourth-order valence-electron chi connectivity index (χ4n) is 1.56. The summed E-state index contributed by atoms with van der Waals surface area (Å²) in [5.74, 6) is 0. The van der Waals surface area contributed by atoms with Crippen molar-refractivity contribution < 1.29 is 8.42 Å². The highest BCUT2D eigenvalue weighted by atomic mass is 32.2. The van der Waals surface area contributed by atoms with Crippen molar-refractivity contribution in [1.29, 1.82) is 0 Å². The summed E-state index contributed by atoms with van der Waals surface area (Å²) in [4.78, 5) is 5.40. The molecule has 0 aromatic carbocycles. The maximum Gasteiger partial charge on any atom is 0.241 e. The lowest BCUT2D eigenvalue weighted by atomic mass is 10.4. The highest BCUT2D eigenvalue weighted by molar-refractivity contribution is 7.89. The summed E-state index contributed by atoms with van der Waals surface area (Å²) in [7, 11) is -3.45. The van der Waals surface area contributed by atoms with Gasteiger partial charge in [-0.1, -0.05) is 6.92 Å². The molecule has 0 spiro atoms. The zero-order valence-corrected chi connectivity index (χ0v) is 13.6. The van der Waals surface area contributed by atoms with Crippen LogP contribution in [0.3, 0.4) is 0 Å². The Morgan fingerprint density at radius 1 is 1.30 bits per heavy atom. The molecule has 5 nitrogen and oxygen atoms in total. The van der Waals surface area contributed by atoms with Gasteiger partial charge in [0.15, 0.2) is 0 Å². The minimum Gasteiger partial charge on any atom is -0.312 e. The van der Waals surface area contributed by atoms with Gasteiger partial charge in [-0.25, -0.2) is 18.1 Å². The molecule has 0 fully saturated rings. The summed E-state index contributed by atoms with van der Waals surface area (Å²) in [6, 6.07) is 1.72. The van der Waals surface area contributed by atoms with Crippen LogP contribution in [-0.4, -0.2) is 19.9 Å². The van der Waals surface area contributed by atoms with Crippen LogP contribution in [0.1, 0.15) is 23.2 Å². The van der Waals surface area contributed by atoms with E-state index >= 15 is 0 Å². The van der Waals surface area contributed by atoms with E-state index in [0.29, 0.717) is 11.4 Å². The molecule has 0 atom stereocenters. The van der Waals surface area contributed by atoms with Gasteiger partial charge in [0.1, 0.15) is 5.01 Å². The Morgan fingerprint density at radius 3 is 2.85 bits per heavy atom. The highest BCUT2D eigenvalue weighted by Crippen LogP contribution is 2.19. The first kappa shape index (κ1) is 15.6. The number of rotatable bonds is 8. The van der Waals surface area contributed by atoms with E-state index in [1.807, 2.05) is 5.38 Å². The van der Waals surface area contributed by atoms with Crippen LogP contribution in [-0.2, 0) is 23.1 Å². The van der Waals surface area contributed by atoms with Crippen molar-refractivity contribution in [3.05, 3.63) is 32.9 Å². The molecule has 2 heterocycles. The Kier molecular flexibility index (Phi) is 5.67. The largest absolute Gasteiger partial charge is 0.312 e. The van der Waals surface area contributed by atoms with Crippen LogP contribution in [0.2, 0.25) is 0 Å². The van der Waals surface area contributed by atoms with Crippen LogP contribution < -0.4 is 10.0 Å². The van der Waals surface area contributed by atoms with E-state index in [4.69, 9.17) is 0 Å². The van der Waals surface area contributed by atoms with E-state index in [2.05, 4.69) is 21.9 Å². The zero-order valence-electron chi connectivity index (χ0n) is 11.1. The standard InChI is InChI=1S/C12H17N3O2S3/c1-2-3-13-7-10-6-11(9-19-10)20(16,17)15-8-12-14-4-5-18-12/h4-6,9,13,15H,2-3,7-8H2,1H3. The molecule has 0 saturated carbocycles. The summed E-state index contributed by atoms with van der Waals surface area (Å²) in [5, 5.41) is 7.51. The summed E-state index contributed by atoms with van der Waals surface area (Å²) in [5.41, 5.74) is 0. The summed E-state index contributed by atoms with van der Waals surface area (Å²) < 4.78 is 26.8. The monoisotopic (exact) mass is 331 g/mol. The van der Waals surface area contributed by atoms with E-state index in [1.165, 1.54) is 22.7 Å². The first-order valence-corrected chi connectivity index (χ1v) is 9.52. The predicted molar refractivity (Wildman–Crippen MR) is 82.5 cm³/mol. The molecule has 2 aromatic heterocycles. The number of hydrogen-bond acceptors (Lipinski definition) is 6. The maximum atomic E-state index is 12.1. The zero-order chi connectivity index (χ0) is 14.4. The van der Waals surface area contributed by atoms with E-state index in [1.54, 1.807) is 17.6 Å². The molecule has 0 amide bonds.